The number of hydrogen-bond acceptors (Lipinski definition) is 3. The average molecular weight is 212 g/mol. The van der Waals surface area contributed by atoms with E-state index in [0.29, 0.717) is 5.56 Å². The predicted molar refractivity (Wildman–Crippen MR) is 59.0 cm³/mol. The molecular weight excluding hydrogens is 204 g/mol. The lowest BCUT2D eigenvalue weighted by Gasteiger charge is -2.02. The number of hydrogen-bond donors (Lipinski definition) is 1. The second-order valence-electron chi connectivity index (χ2n) is 3.51. The van der Waals surface area contributed by atoms with Gasteiger partial charge >= 0.3 is 0 Å². The SMILES string of the molecule is NC(=O)c1ccc2c(c1)ncc1cncn12. The summed E-state index contributed by atoms with van der Waals surface area (Å²) in [4.78, 5) is 19.3. The lowest BCUT2D eigenvalue weighted by Crippen LogP contribution is -2.10. The van der Waals surface area contributed by atoms with Crippen LogP contribution in [-0.4, -0.2) is 20.3 Å². The fourth-order valence-corrected chi connectivity index (χ4v) is 1.72. The van der Waals surface area contributed by atoms with Gasteiger partial charge in [-0.15, -0.1) is 0 Å². The van der Waals surface area contributed by atoms with Crippen molar-refractivity contribution in [3.63, 3.8) is 0 Å². The number of nitrogens with two attached hydrogens (primary N) is 1. The normalized spacial score (nSPS) is 11.0. The molecule has 2 heterocycles. The van der Waals surface area contributed by atoms with Gasteiger partial charge in [0.1, 0.15) is 0 Å². The summed E-state index contributed by atoms with van der Waals surface area (Å²) in [5, 5.41) is 0. The largest absolute Gasteiger partial charge is 0.366 e. The summed E-state index contributed by atoms with van der Waals surface area (Å²) >= 11 is 0. The molecule has 5 nitrogen and oxygen atoms in total. The van der Waals surface area contributed by atoms with Crippen molar-refractivity contribution in [2.45, 2.75) is 0 Å². The van der Waals surface area contributed by atoms with Gasteiger partial charge in [-0.3, -0.25) is 14.2 Å². The number of primary amides is 1. The first-order valence-corrected chi connectivity index (χ1v) is 4.76. The van der Waals surface area contributed by atoms with Crippen molar-refractivity contribution in [3.8, 4) is 0 Å². The van der Waals surface area contributed by atoms with Crippen LogP contribution in [-0.2, 0) is 0 Å². The van der Waals surface area contributed by atoms with E-state index in [1.165, 1.54) is 0 Å². The van der Waals surface area contributed by atoms with E-state index in [0.717, 1.165) is 16.6 Å². The van der Waals surface area contributed by atoms with Crippen molar-refractivity contribution in [3.05, 3.63) is 42.5 Å². The zero-order valence-electron chi connectivity index (χ0n) is 8.29. The Hall–Kier alpha value is -2.43. The molecule has 2 N–H and O–H groups in total. The Morgan fingerprint density at radius 3 is 3.00 bits per heavy atom. The third-order valence-corrected chi connectivity index (χ3v) is 2.52. The van der Waals surface area contributed by atoms with Crippen LogP contribution in [0.1, 0.15) is 10.4 Å². The van der Waals surface area contributed by atoms with Crippen LogP contribution in [0.25, 0.3) is 16.6 Å². The maximum Gasteiger partial charge on any atom is 0.248 e. The first kappa shape index (κ1) is 8.84. The second-order valence-corrected chi connectivity index (χ2v) is 3.51. The van der Waals surface area contributed by atoms with Crippen LogP contribution in [0.3, 0.4) is 0 Å². The Balaban J connectivity index is 2.41. The maximum absolute atomic E-state index is 11.0. The number of aromatic nitrogens is 3. The summed E-state index contributed by atoms with van der Waals surface area (Å²) in [5.74, 6) is -0.450. The molecule has 0 saturated heterocycles. The van der Waals surface area contributed by atoms with E-state index in [9.17, 15) is 4.79 Å². The molecule has 0 saturated carbocycles. The maximum atomic E-state index is 11.0. The quantitative estimate of drug-likeness (QED) is 0.653. The molecule has 0 radical (unpaired) electrons. The van der Waals surface area contributed by atoms with Crippen molar-refractivity contribution < 1.29 is 4.79 Å². The third-order valence-electron chi connectivity index (χ3n) is 2.52. The van der Waals surface area contributed by atoms with Crippen LogP contribution >= 0.6 is 0 Å². The third kappa shape index (κ3) is 1.15. The lowest BCUT2D eigenvalue weighted by atomic mass is 10.2. The molecule has 0 aliphatic carbocycles. The molecule has 1 aromatic carbocycles. The van der Waals surface area contributed by atoms with Crippen LogP contribution in [0, 0.1) is 0 Å². The minimum atomic E-state index is -0.450. The summed E-state index contributed by atoms with van der Waals surface area (Å²) in [6.07, 6.45) is 5.15. The van der Waals surface area contributed by atoms with Gasteiger partial charge in [-0.05, 0) is 18.2 Å². The van der Waals surface area contributed by atoms with Crippen LogP contribution < -0.4 is 5.73 Å². The Kier molecular flexibility index (Phi) is 1.67. The molecule has 78 valence electrons. The van der Waals surface area contributed by atoms with Gasteiger partial charge in [-0.1, -0.05) is 0 Å². The number of amides is 1. The van der Waals surface area contributed by atoms with Crippen molar-refractivity contribution >= 4 is 22.5 Å². The number of carbonyl (C=O) groups is 1. The Labute approximate surface area is 90.5 Å². The molecule has 5 heteroatoms. The van der Waals surface area contributed by atoms with Crippen molar-refractivity contribution in [2.75, 3.05) is 0 Å². The Morgan fingerprint density at radius 1 is 1.31 bits per heavy atom. The molecule has 2 aromatic heterocycles. The molecule has 0 aliphatic heterocycles. The molecule has 0 fully saturated rings. The molecule has 0 spiro atoms. The topological polar surface area (TPSA) is 73.3 Å². The highest BCUT2D eigenvalue weighted by atomic mass is 16.1. The second kappa shape index (κ2) is 3.03. The van der Waals surface area contributed by atoms with Gasteiger partial charge in [0.25, 0.3) is 0 Å². The van der Waals surface area contributed by atoms with E-state index in [1.54, 1.807) is 30.9 Å². The van der Waals surface area contributed by atoms with Gasteiger partial charge in [0.05, 0.1) is 35.3 Å². The number of carbonyl (C=O) groups excluding carboxylic acids is 1. The zero-order valence-corrected chi connectivity index (χ0v) is 8.29. The number of fused-ring (bicyclic) bond motifs is 3. The highest BCUT2D eigenvalue weighted by Gasteiger charge is 2.05. The van der Waals surface area contributed by atoms with Gasteiger partial charge in [0.2, 0.25) is 5.91 Å². The number of rotatable bonds is 1. The van der Waals surface area contributed by atoms with Crippen LogP contribution in [0.4, 0.5) is 0 Å². The minimum Gasteiger partial charge on any atom is -0.366 e. The first-order chi connectivity index (χ1) is 7.75. The average Bonchev–Trinajstić information content (AvgIpc) is 2.76. The Bertz CT molecular complexity index is 701. The number of nitrogens with zero attached hydrogens (tertiary/aromatic N) is 3. The van der Waals surface area contributed by atoms with E-state index in [4.69, 9.17) is 5.73 Å². The highest BCUT2D eigenvalue weighted by Crippen LogP contribution is 2.15. The molecule has 3 rings (SSSR count). The van der Waals surface area contributed by atoms with E-state index < -0.39 is 5.91 Å². The Morgan fingerprint density at radius 2 is 2.19 bits per heavy atom. The first-order valence-electron chi connectivity index (χ1n) is 4.76. The molecule has 1 amide bonds. The fourth-order valence-electron chi connectivity index (χ4n) is 1.72. The number of benzene rings is 1. The minimum absolute atomic E-state index is 0.450. The van der Waals surface area contributed by atoms with Crippen molar-refractivity contribution in [2.24, 2.45) is 5.73 Å². The summed E-state index contributed by atoms with van der Waals surface area (Å²) < 4.78 is 1.91. The van der Waals surface area contributed by atoms with E-state index in [-0.39, 0.29) is 0 Å². The van der Waals surface area contributed by atoms with Crippen LogP contribution in [0.5, 0.6) is 0 Å². The summed E-state index contributed by atoms with van der Waals surface area (Å²) in [6.45, 7) is 0. The smallest absolute Gasteiger partial charge is 0.248 e. The summed E-state index contributed by atoms with van der Waals surface area (Å²) in [5.41, 5.74) is 8.21. The van der Waals surface area contributed by atoms with E-state index >= 15 is 0 Å². The monoisotopic (exact) mass is 212 g/mol. The molecule has 0 aliphatic rings. The summed E-state index contributed by atoms with van der Waals surface area (Å²) in [6, 6.07) is 5.18. The van der Waals surface area contributed by atoms with Gasteiger partial charge in [0.15, 0.2) is 0 Å². The van der Waals surface area contributed by atoms with E-state index in [2.05, 4.69) is 9.97 Å². The van der Waals surface area contributed by atoms with Crippen molar-refractivity contribution in [1.29, 1.82) is 0 Å². The van der Waals surface area contributed by atoms with E-state index in [1.807, 2.05) is 10.5 Å². The fraction of sp³-hybridized carbons (Fsp3) is 0. The molecule has 3 aromatic rings. The van der Waals surface area contributed by atoms with Crippen LogP contribution in [0.15, 0.2) is 36.9 Å². The van der Waals surface area contributed by atoms with Crippen LogP contribution in [0.2, 0.25) is 0 Å². The molecule has 0 atom stereocenters. The lowest BCUT2D eigenvalue weighted by molar-refractivity contribution is 0.100. The molecule has 16 heavy (non-hydrogen) atoms. The van der Waals surface area contributed by atoms with Gasteiger partial charge in [0, 0.05) is 5.56 Å². The van der Waals surface area contributed by atoms with Crippen molar-refractivity contribution in [1.82, 2.24) is 14.4 Å². The van der Waals surface area contributed by atoms with Gasteiger partial charge in [-0.25, -0.2) is 4.98 Å². The molecular formula is C11H8N4O. The highest BCUT2D eigenvalue weighted by molar-refractivity contribution is 5.96. The standard InChI is InChI=1S/C11H8N4O/c12-11(16)7-1-2-10-9(3-7)14-5-8-4-13-6-15(8)10/h1-6H,(H2,12,16). The molecule has 0 unspecified atom stereocenters. The van der Waals surface area contributed by atoms with Gasteiger partial charge < -0.3 is 5.73 Å². The molecule has 0 bridgehead atoms. The summed E-state index contributed by atoms with van der Waals surface area (Å²) in [7, 11) is 0. The zero-order chi connectivity index (χ0) is 11.1. The number of imidazole rings is 1. The van der Waals surface area contributed by atoms with Gasteiger partial charge in [-0.2, -0.15) is 0 Å². The predicted octanol–water partition coefficient (Wildman–Crippen LogP) is 0.981.